The lowest BCUT2D eigenvalue weighted by molar-refractivity contribution is -0.135. The van der Waals surface area contributed by atoms with E-state index in [1.54, 1.807) is 31.2 Å². The summed E-state index contributed by atoms with van der Waals surface area (Å²) in [5.74, 6) is -0.456. The molecule has 1 aliphatic rings. The molecule has 0 radical (unpaired) electrons. The minimum atomic E-state index is -0.802. The van der Waals surface area contributed by atoms with Crippen molar-refractivity contribution in [1.29, 1.82) is 5.26 Å². The second kappa shape index (κ2) is 7.79. The standard InChI is InChI=1S/C17H21N3O4/c1-12(24-14-5-3-2-4-13(14)10-18)15(21)20-11-17(16(19)22)6-8-23-9-7-17/h2-5,12H,6-9,11H2,1H3,(H2,19,22)(H,20,21)/t12-/m1/s1. The SMILES string of the molecule is C[C@@H](Oc1ccccc1C#N)C(=O)NCC1(C(N)=O)CCOCC1. The lowest BCUT2D eigenvalue weighted by Crippen LogP contribution is -2.51. The molecule has 2 rings (SSSR count). The van der Waals surface area contributed by atoms with Crippen molar-refractivity contribution < 1.29 is 19.1 Å². The lowest BCUT2D eigenvalue weighted by Gasteiger charge is -2.34. The molecule has 3 N–H and O–H groups in total. The van der Waals surface area contributed by atoms with Crippen molar-refractivity contribution in [2.75, 3.05) is 19.8 Å². The van der Waals surface area contributed by atoms with Crippen LogP contribution in [0.4, 0.5) is 0 Å². The van der Waals surface area contributed by atoms with Crippen molar-refractivity contribution in [3.8, 4) is 11.8 Å². The molecule has 1 aromatic carbocycles. The Balaban J connectivity index is 1.96. The molecule has 0 saturated carbocycles. The molecule has 0 aromatic heterocycles. The number of nitriles is 1. The number of ether oxygens (including phenoxy) is 2. The summed E-state index contributed by atoms with van der Waals surface area (Å²) in [5, 5.41) is 11.8. The number of nitrogens with two attached hydrogens (primary N) is 1. The van der Waals surface area contributed by atoms with Gasteiger partial charge in [0.05, 0.1) is 11.0 Å². The number of amides is 2. The first-order chi connectivity index (χ1) is 11.5. The average molecular weight is 331 g/mol. The van der Waals surface area contributed by atoms with Gasteiger partial charge in [-0.2, -0.15) is 5.26 Å². The van der Waals surface area contributed by atoms with Gasteiger partial charge in [-0.15, -0.1) is 0 Å². The Morgan fingerprint density at radius 1 is 1.42 bits per heavy atom. The van der Waals surface area contributed by atoms with Crippen molar-refractivity contribution in [2.45, 2.75) is 25.9 Å². The Labute approximate surface area is 140 Å². The number of hydrogen-bond donors (Lipinski definition) is 2. The Morgan fingerprint density at radius 2 is 2.08 bits per heavy atom. The Bertz CT molecular complexity index is 647. The van der Waals surface area contributed by atoms with E-state index in [-0.39, 0.29) is 12.5 Å². The Morgan fingerprint density at radius 3 is 2.71 bits per heavy atom. The number of nitrogens with one attached hydrogen (secondary N) is 1. The molecule has 0 unspecified atom stereocenters. The number of carbonyl (C=O) groups is 2. The normalized spacial score (nSPS) is 17.3. The predicted molar refractivity (Wildman–Crippen MR) is 85.9 cm³/mol. The minimum Gasteiger partial charge on any atom is -0.480 e. The second-order valence-corrected chi connectivity index (χ2v) is 5.84. The van der Waals surface area contributed by atoms with Crippen LogP contribution < -0.4 is 15.8 Å². The van der Waals surface area contributed by atoms with Gasteiger partial charge in [0.25, 0.3) is 5.91 Å². The van der Waals surface area contributed by atoms with E-state index in [1.807, 2.05) is 6.07 Å². The number of benzene rings is 1. The fourth-order valence-electron chi connectivity index (χ4n) is 2.58. The van der Waals surface area contributed by atoms with E-state index in [2.05, 4.69) is 5.32 Å². The van der Waals surface area contributed by atoms with Crippen molar-refractivity contribution in [2.24, 2.45) is 11.1 Å². The quantitative estimate of drug-likeness (QED) is 0.797. The molecule has 1 aliphatic heterocycles. The minimum absolute atomic E-state index is 0.151. The van der Waals surface area contributed by atoms with Gasteiger partial charge in [0.2, 0.25) is 5.91 Å². The zero-order valence-corrected chi connectivity index (χ0v) is 13.6. The number of nitrogens with zero attached hydrogens (tertiary/aromatic N) is 1. The third kappa shape index (κ3) is 4.03. The monoisotopic (exact) mass is 331 g/mol. The van der Waals surface area contributed by atoms with E-state index in [0.717, 1.165) is 0 Å². The van der Waals surface area contributed by atoms with E-state index < -0.39 is 17.4 Å². The zero-order valence-electron chi connectivity index (χ0n) is 13.6. The summed E-state index contributed by atoms with van der Waals surface area (Å²) in [7, 11) is 0. The van der Waals surface area contributed by atoms with Crippen LogP contribution in [0.25, 0.3) is 0 Å². The summed E-state index contributed by atoms with van der Waals surface area (Å²) in [6, 6.07) is 8.71. The fourth-order valence-corrected chi connectivity index (χ4v) is 2.58. The van der Waals surface area contributed by atoms with Crippen LogP contribution in [0.1, 0.15) is 25.3 Å². The molecule has 2 amide bonds. The summed E-state index contributed by atoms with van der Waals surface area (Å²) < 4.78 is 10.8. The molecular weight excluding hydrogens is 310 g/mol. The van der Waals surface area contributed by atoms with Crippen LogP contribution in [0.15, 0.2) is 24.3 Å². The van der Waals surface area contributed by atoms with E-state index >= 15 is 0 Å². The first-order valence-electron chi connectivity index (χ1n) is 7.80. The first-order valence-corrected chi connectivity index (χ1v) is 7.80. The van der Waals surface area contributed by atoms with Crippen LogP contribution in [0.5, 0.6) is 5.75 Å². The molecule has 1 aromatic rings. The highest BCUT2D eigenvalue weighted by Gasteiger charge is 2.39. The smallest absolute Gasteiger partial charge is 0.260 e. The van der Waals surface area contributed by atoms with Crippen LogP contribution in [0.3, 0.4) is 0 Å². The van der Waals surface area contributed by atoms with Gasteiger partial charge >= 0.3 is 0 Å². The molecule has 0 bridgehead atoms. The van der Waals surface area contributed by atoms with Crippen molar-refractivity contribution >= 4 is 11.8 Å². The van der Waals surface area contributed by atoms with E-state index in [0.29, 0.717) is 37.4 Å². The van der Waals surface area contributed by atoms with Crippen LogP contribution in [0.2, 0.25) is 0 Å². The van der Waals surface area contributed by atoms with E-state index in [1.165, 1.54) is 0 Å². The summed E-state index contributed by atoms with van der Waals surface area (Å²) in [5.41, 5.74) is 5.09. The molecule has 0 aliphatic carbocycles. The van der Waals surface area contributed by atoms with E-state index in [4.69, 9.17) is 20.5 Å². The molecular formula is C17H21N3O4. The molecule has 7 heteroatoms. The van der Waals surface area contributed by atoms with Gasteiger partial charge in [-0.05, 0) is 31.9 Å². The van der Waals surface area contributed by atoms with Gasteiger partial charge < -0.3 is 20.5 Å². The molecule has 1 heterocycles. The predicted octanol–water partition coefficient (Wildman–Crippen LogP) is 0.724. The molecule has 24 heavy (non-hydrogen) atoms. The van der Waals surface area contributed by atoms with Gasteiger partial charge in [-0.25, -0.2) is 0 Å². The van der Waals surface area contributed by atoms with Crippen LogP contribution in [0, 0.1) is 16.7 Å². The number of para-hydroxylation sites is 1. The highest BCUT2D eigenvalue weighted by atomic mass is 16.5. The number of primary amides is 1. The highest BCUT2D eigenvalue weighted by molar-refractivity contribution is 5.84. The summed E-state index contributed by atoms with van der Waals surface area (Å²) in [6.07, 6.45) is 0.161. The Kier molecular flexibility index (Phi) is 5.77. The van der Waals surface area contributed by atoms with Gasteiger partial charge in [0.1, 0.15) is 11.8 Å². The third-order valence-electron chi connectivity index (χ3n) is 4.25. The lowest BCUT2D eigenvalue weighted by atomic mass is 9.79. The fraction of sp³-hybridized carbons (Fsp3) is 0.471. The van der Waals surface area contributed by atoms with Gasteiger partial charge in [-0.1, -0.05) is 12.1 Å². The zero-order chi connectivity index (χ0) is 17.6. The molecule has 1 saturated heterocycles. The van der Waals surface area contributed by atoms with E-state index in [9.17, 15) is 9.59 Å². The van der Waals surface area contributed by atoms with Crippen molar-refractivity contribution in [1.82, 2.24) is 5.32 Å². The second-order valence-electron chi connectivity index (χ2n) is 5.84. The number of hydrogen-bond acceptors (Lipinski definition) is 5. The number of rotatable bonds is 6. The molecule has 1 fully saturated rings. The molecule has 0 spiro atoms. The average Bonchev–Trinajstić information content (AvgIpc) is 2.60. The summed E-state index contributed by atoms with van der Waals surface area (Å²) in [6.45, 7) is 2.63. The maximum absolute atomic E-state index is 12.3. The maximum Gasteiger partial charge on any atom is 0.260 e. The summed E-state index contributed by atoms with van der Waals surface area (Å²) >= 11 is 0. The van der Waals surface area contributed by atoms with Crippen LogP contribution in [-0.4, -0.2) is 37.7 Å². The Hall–Kier alpha value is -2.59. The molecule has 128 valence electrons. The topological polar surface area (TPSA) is 114 Å². The largest absolute Gasteiger partial charge is 0.480 e. The van der Waals surface area contributed by atoms with Crippen LogP contribution >= 0.6 is 0 Å². The third-order valence-corrected chi connectivity index (χ3v) is 4.25. The first kappa shape index (κ1) is 17.8. The highest BCUT2D eigenvalue weighted by Crippen LogP contribution is 2.29. The van der Waals surface area contributed by atoms with Crippen LogP contribution in [-0.2, 0) is 14.3 Å². The summed E-state index contributed by atoms with van der Waals surface area (Å²) in [4.78, 5) is 24.0. The van der Waals surface area contributed by atoms with Gasteiger partial charge in [0.15, 0.2) is 6.10 Å². The van der Waals surface area contributed by atoms with Gasteiger partial charge in [0, 0.05) is 19.8 Å². The maximum atomic E-state index is 12.3. The van der Waals surface area contributed by atoms with Crippen molar-refractivity contribution in [3.05, 3.63) is 29.8 Å². The molecule has 7 nitrogen and oxygen atoms in total. The van der Waals surface area contributed by atoms with Gasteiger partial charge in [-0.3, -0.25) is 9.59 Å². The van der Waals surface area contributed by atoms with Crippen molar-refractivity contribution in [3.63, 3.8) is 0 Å². The number of carbonyl (C=O) groups excluding carboxylic acids is 2. The molecule has 1 atom stereocenters.